The lowest BCUT2D eigenvalue weighted by atomic mass is 10.0. The van der Waals surface area contributed by atoms with E-state index in [1.165, 1.54) is 13.2 Å². The minimum Gasteiger partial charge on any atom is -0.497 e. The van der Waals surface area contributed by atoms with E-state index in [0.717, 1.165) is 13.2 Å². The summed E-state index contributed by atoms with van der Waals surface area (Å²) in [5, 5.41) is 2.65. The summed E-state index contributed by atoms with van der Waals surface area (Å²) in [6.07, 6.45) is -11.4. The number of nitrogens with one attached hydrogen (secondary N) is 1. The average Bonchev–Trinajstić information content (AvgIpc) is 2.81. The van der Waals surface area contributed by atoms with Crippen molar-refractivity contribution < 1.29 is 49.8 Å². The fourth-order valence-electron chi connectivity index (χ4n) is 3.61. The van der Waals surface area contributed by atoms with Gasteiger partial charge in [-0.2, -0.15) is 26.3 Å². The van der Waals surface area contributed by atoms with Gasteiger partial charge in [0.15, 0.2) is 0 Å². The van der Waals surface area contributed by atoms with Crippen molar-refractivity contribution in [2.24, 2.45) is 0 Å². The quantitative estimate of drug-likeness (QED) is 0.278. The highest BCUT2D eigenvalue weighted by Crippen LogP contribution is 2.36. The normalized spacial score (nSPS) is 12.8. The SMILES string of the molecule is COC(=O)[C@@H](Cc1cc(=O)oc2cc(OC)ccc12)NC(=O)Cc1cc(C(F)(F)F)cc(C(F)(F)F)c1. The third-order valence-corrected chi connectivity index (χ3v) is 5.29. The standard InChI is InChI=1S/C24H19F6NO6/c1-35-16-3-4-17-13(9-21(33)37-19(17)11-16)8-18(22(34)36-2)31-20(32)7-12-5-14(23(25,26)27)10-15(6-12)24(28,29)30/h3-6,9-11,18H,7-8H2,1-2H3,(H,31,32)/t18-/m1/s1. The zero-order valence-electron chi connectivity index (χ0n) is 19.3. The zero-order chi connectivity index (χ0) is 27.5. The second-order valence-electron chi connectivity index (χ2n) is 7.89. The van der Waals surface area contributed by atoms with Crippen LogP contribution in [0.25, 0.3) is 11.0 Å². The van der Waals surface area contributed by atoms with Crippen LogP contribution in [0.2, 0.25) is 0 Å². The molecule has 0 unspecified atom stereocenters. The van der Waals surface area contributed by atoms with Crippen molar-refractivity contribution in [3.05, 3.63) is 75.1 Å². The topological polar surface area (TPSA) is 94.8 Å². The number of ether oxygens (including phenoxy) is 2. The summed E-state index contributed by atoms with van der Waals surface area (Å²) in [5.74, 6) is -1.62. The molecule has 0 aliphatic heterocycles. The van der Waals surface area contributed by atoms with Crippen LogP contribution in [-0.2, 0) is 39.5 Å². The molecule has 0 fully saturated rings. The molecule has 1 N–H and O–H groups in total. The summed E-state index contributed by atoms with van der Waals surface area (Å²) >= 11 is 0. The van der Waals surface area contributed by atoms with Gasteiger partial charge in [0.05, 0.1) is 31.8 Å². The second-order valence-corrected chi connectivity index (χ2v) is 7.89. The Morgan fingerprint density at radius 1 is 0.946 bits per heavy atom. The van der Waals surface area contributed by atoms with Crippen molar-refractivity contribution in [1.29, 1.82) is 0 Å². The summed E-state index contributed by atoms with van der Waals surface area (Å²) in [5.41, 5.74) is -4.10. The molecule has 13 heteroatoms. The van der Waals surface area contributed by atoms with E-state index in [0.29, 0.717) is 23.3 Å². The van der Waals surface area contributed by atoms with E-state index in [9.17, 15) is 40.7 Å². The molecular formula is C24H19F6NO6. The maximum atomic E-state index is 13.1. The van der Waals surface area contributed by atoms with Gasteiger partial charge >= 0.3 is 23.9 Å². The van der Waals surface area contributed by atoms with Crippen molar-refractivity contribution in [3.8, 4) is 5.75 Å². The first-order chi connectivity index (χ1) is 17.2. The molecule has 1 aromatic heterocycles. The molecule has 3 rings (SSSR count). The van der Waals surface area contributed by atoms with Crippen LogP contribution < -0.4 is 15.7 Å². The van der Waals surface area contributed by atoms with Crippen LogP contribution in [0.3, 0.4) is 0 Å². The van der Waals surface area contributed by atoms with E-state index < -0.39 is 59.0 Å². The van der Waals surface area contributed by atoms with Crippen LogP contribution in [0.5, 0.6) is 5.75 Å². The smallest absolute Gasteiger partial charge is 0.416 e. The molecule has 0 spiro atoms. The fourth-order valence-corrected chi connectivity index (χ4v) is 3.61. The van der Waals surface area contributed by atoms with E-state index in [1.54, 1.807) is 12.1 Å². The average molecular weight is 531 g/mol. The van der Waals surface area contributed by atoms with Gasteiger partial charge in [-0.3, -0.25) is 4.79 Å². The van der Waals surface area contributed by atoms with Gasteiger partial charge in [0.2, 0.25) is 5.91 Å². The van der Waals surface area contributed by atoms with Crippen molar-refractivity contribution in [2.75, 3.05) is 14.2 Å². The molecule has 0 aliphatic rings. The zero-order valence-corrected chi connectivity index (χ0v) is 19.3. The van der Waals surface area contributed by atoms with Crippen molar-refractivity contribution in [1.82, 2.24) is 5.32 Å². The van der Waals surface area contributed by atoms with E-state index in [-0.39, 0.29) is 23.6 Å². The number of methoxy groups -OCH3 is 2. The first-order valence-corrected chi connectivity index (χ1v) is 10.5. The molecule has 1 atom stereocenters. The summed E-state index contributed by atoms with van der Waals surface area (Å²) in [4.78, 5) is 37.0. The maximum absolute atomic E-state index is 13.1. The Kier molecular flexibility index (Phi) is 7.84. The third-order valence-electron chi connectivity index (χ3n) is 5.29. The van der Waals surface area contributed by atoms with Crippen LogP contribution in [0.15, 0.2) is 51.7 Å². The first-order valence-electron chi connectivity index (χ1n) is 10.5. The van der Waals surface area contributed by atoms with Gasteiger partial charge in [-0.25, -0.2) is 9.59 Å². The largest absolute Gasteiger partial charge is 0.497 e. The van der Waals surface area contributed by atoms with E-state index >= 15 is 0 Å². The summed E-state index contributed by atoms with van der Waals surface area (Å²) in [7, 11) is 2.42. The van der Waals surface area contributed by atoms with Crippen molar-refractivity contribution in [3.63, 3.8) is 0 Å². The molecule has 0 bridgehead atoms. The van der Waals surface area contributed by atoms with Crippen LogP contribution in [0.1, 0.15) is 22.3 Å². The molecule has 7 nitrogen and oxygen atoms in total. The van der Waals surface area contributed by atoms with Crippen LogP contribution >= 0.6 is 0 Å². The van der Waals surface area contributed by atoms with Gasteiger partial charge in [0, 0.05) is 23.9 Å². The molecule has 0 saturated heterocycles. The highest BCUT2D eigenvalue weighted by molar-refractivity contribution is 5.87. The monoisotopic (exact) mass is 531 g/mol. The molecule has 0 aliphatic carbocycles. The number of hydrogen-bond acceptors (Lipinski definition) is 6. The number of halogens is 6. The first kappa shape index (κ1) is 27.6. The van der Waals surface area contributed by atoms with Crippen molar-refractivity contribution >= 4 is 22.8 Å². The minimum atomic E-state index is -5.08. The number of carbonyl (C=O) groups excluding carboxylic acids is 2. The van der Waals surface area contributed by atoms with E-state index in [2.05, 4.69) is 10.1 Å². The molecule has 1 amide bonds. The van der Waals surface area contributed by atoms with Gasteiger partial charge in [0.25, 0.3) is 0 Å². The Morgan fingerprint density at radius 2 is 1.57 bits per heavy atom. The van der Waals surface area contributed by atoms with Crippen LogP contribution in [-0.4, -0.2) is 32.1 Å². The Hall–Kier alpha value is -4.03. The third kappa shape index (κ3) is 6.80. The molecular weight excluding hydrogens is 512 g/mol. The highest BCUT2D eigenvalue weighted by atomic mass is 19.4. The lowest BCUT2D eigenvalue weighted by molar-refractivity contribution is -0.145. The van der Waals surface area contributed by atoms with E-state index in [1.807, 2.05) is 0 Å². The number of benzene rings is 2. The molecule has 0 radical (unpaired) electrons. The lowest BCUT2D eigenvalue weighted by Gasteiger charge is -2.18. The lowest BCUT2D eigenvalue weighted by Crippen LogP contribution is -2.43. The fraction of sp³-hybridized carbons (Fsp3) is 0.292. The Labute approximate surface area is 205 Å². The van der Waals surface area contributed by atoms with Gasteiger partial charge < -0.3 is 19.2 Å². The number of carbonyl (C=O) groups is 2. The number of rotatable bonds is 7. The van der Waals surface area contributed by atoms with Gasteiger partial charge in [-0.1, -0.05) is 0 Å². The Morgan fingerprint density at radius 3 is 2.11 bits per heavy atom. The number of esters is 1. The Bertz CT molecular complexity index is 1350. The number of fused-ring (bicyclic) bond motifs is 1. The molecule has 198 valence electrons. The molecule has 2 aromatic carbocycles. The summed E-state index contributed by atoms with van der Waals surface area (Å²) < 4.78 is 93.6. The molecule has 1 heterocycles. The predicted molar refractivity (Wildman–Crippen MR) is 117 cm³/mol. The van der Waals surface area contributed by atoms with E-state index in [4.69, 9.17) is 9.15 Å². The summed E-state index contributed by atoms with van der Waals surface area (Å²) in [6.45, 7) is 0. The van der Waals surface area contributed by atoms with Crippen LogP contribution in [0.4, 0.5) is 26.3 Å². The Balaban J connectivity index is 1.90. The number of hydrogen-bond donors (Lipinski definition) is 1. The van der Waals surface area contributed by atoms with Gasteiger partial charge in [-0.05, 0) is 41.5 Å². The highest BCUT2D eigenvalue weighted by Gasteiger charge is 2.37. The maximum Gasteiger partial charge on any atom is 0.416 e. The van der Waals surface area contributed by atoms with Gasteiger partial charge in [-0.15, -0.1) is 0 Å². The summed E-state index contributed by atoms with van der Waals surface area (Å²) in [6, 6.07) is 4.98. The number of amides is 1. The van der Waals surface area contributed by atoms with Crippen LogP contribution in [0, 0.1) is 0 Å². The predicted octanol–water partition coefficient (Wildman–Crippen LogP) is 4.28. The number of alkyl halides is 6. The molecule has 0 saturated carbocycles. The van der Waals surface area contributed by atoms with Gasteiger partial charge in [0.1, 0.15) is 17.4 Å². The second kappa shape index (κ2) is 10.5. The van der Waals surface area contributed by atoms with Crippen molar-refractivity contribution in [2.45, 2.75) is 31.2 Å². The molecule has 3 aromatic rings. The molecule has 37 heavy (non-hydrogen) atoms. The minimum absolute atomic E-state index is 0.0558.